The van der Waals surface area contributed by atoms with E-state index in [1.54, 1.807) is 43.8 Å². The van der Waals surface area contributed by atoms with Crippen LogP contribution in [0.4, 0.5) is 0 Å². The van der Waals surface area contributed by atoms with Crippen LogP contribution in [0.3, 0.4) is 0 Å². The monoisotopic (exact) mass is 323 g/mol. The van der Waals surface area contributed by atoms with Crippen molar-refractivity contribution in [1.82, 2.24) is 25.5 Å². The highest BCUT2D eigenvalue weighted by molar-refractivity contribution is 5.94. The lowest BCUT2D eigenvalue weighted by Crippen LogP contribution is -2.25. The molecule has 122 valence electrons. The van der Waals surface area contributed by atoms with Gasteiger partial charge >= 0.3 is 0 Å². The molecule has 2 aromatic heterocycles. The minimum absolute atomic E-state index is 0.150. The normalized spacial score (nSPS) is 10.4. The van der Waals surface area contributed by atoms with Crippen LogP contribution >= 0.6 is 0 Å². The van der Waals surface area contributed by atoms with E-state index in [1.807, 2.05) is 12.1 Å². The summed E-state index contributed by atoms with van der Waals surface area (Å²) in [5, 5.41) is 9.91. The highest BCUT2D eigenvalue weighted by Gasteiger charge is 2.08. The molecule has 3 aromatic rings. The first-order valence-corrected chi connectivity index (χ1v) is 7.50. The molecule has 0 radical (unpaired) electrons. The fourth-order valence-electron chi connectivity index (χ4n) is 2.20. The third-order valence-corrected chi connectivity index (χ3v) is 3.45. The van der Waals surface area contributed by atoms with E-state index in [0.717, 1.165) is 5.56 Å². The first kappa shape index (κ1) is 15.7. The Kier molecular flexibility index (Phi) is 4.81. The van der Waals surface area contributed by atoms with Gasteiger partial charge in [0.25, 0.3) is 5.91 Å². The molecule has 0 spiro atoms. The minimum atomic E-state index is -0.150. The quantitative estimate of drug-likeness (QED) is 0.722. The molecular weight excluding hydrogens is 306 g/mol. The highest BCUT2D eigenvalue weighted by atomic mass is 16.5. The van der Waals surface area contributed by atoms with Crippen molar-refractivity contribution in [3.05, 3.63) is 60.2 Å². The molecule has 0 fully saturated rings. The highest BCUT2D eigenvalue weighted by Crippen LogP contribution is 2.13. The first-order chi connectivity index (χ1) is 11.8. The van der Waals surface area contributed by atoms with Crippen molar-refractivity contribution in [1.29, 1.82) is 0 Å². The zero-order chi connectivity index (χ0) is 16.8. The van der Waals surface area contributed by atoms with Crippen LogP contribution in [-0.2, 0) is 6.42 Å². The third kappa shape index (κ3) is 3.75. The van der Waals surface area contributed by atoms with E-state index in [9.17, 15) is 4.79 Å². The maximum atomic E-state index is 12.1. The van der Waals surface area contributed by atoms with Gasteiger partial charge in [0.15, 0.2) is 5.82 Å². The molecule has 0 saturated heterocycles. The summed E-state index contributed by atoms with van der Waals surface area (Å²) in [6.07, 6.45) is 3.95. The molecule has 7 heteroatoms. The van der Waals surface area contributed by atoms with Crippen LogP contribution in [0.15, 0.2) is 48.8 Å². The van der Waals surface area contributed by atoms with Gasteiger partial charge in [-0.05, 0) is 30.3 Å². The van der Waals surface area contributed by atoms with Crippen LogP contribution in [0.1, 0.15) is 16.2 Å². The van der Waals surface area contributed by atoms with Crippen molar-refractivity contribution in [2.24, 2.45) is 0 Å². The number of hydrogen-bond acceptors (Lipinski definition) is 5. The summed E-state index contributed by atoms with van der Waals surface area (Å²) in [5.41, 5.74) is 1.46. The second-order valence-electron chi connectivity index (χ2n) is 5.08. The SMILES string of the molecule is COc1cccc(C(=O)NCCc2nc(-c3ccncc3)n[nH]2)c1. The van der Waals surface area contributed by atoms with Crippen LogP contribution in [0.5, 0.6) is 5.75 Å². The van der Waals surface area contributed by atoms with Crippen molar-refractivity contribution >= 4 is 5.91 Å². The smallest absolute Gasteiger partial charge is 0.251 e. The number of pyridine rings is 1. The molecule has 0 aliphatic heterocycles. The number of aromatic amines is 1. The first-order valence-electron chi connectivity index (χ1n) is 7.50. The van der Waals surface area contributed by atoms with Crippen LogP contribution in [0, 0.1) is 0 Å². The molecule has 0 unspecified atom stereocenters. The van der Waals surface area contributed by atoms with Gasteiger partial charge in [0.2, 0.25) is 0 Å². The molecule has 24 heavy (non-hydrogen) atoms. The van der Waals surface area contributed by atoms with Gasteiger partial charge in [-0.2, -0.15) is 5.10 Å². The lowest BCUT2D eigenvalue weighted by atomic mass is 10.2. The number of carbonyl (C=O) groups is 1. The number of rotatable bonds is 6. The Labute approximate surface area is 139 Å². The molecule has 0 aliphatic carbocycles. The van der Waals surface area contributed by atoms with E-state index in [4.69, 9.17) is 4.74 Å². The Morgan fingerprint density at radius 1 is 1.25 bits per heavy atom. The van der Waals surface area contributed by atoms with Crippen molar-refractivity contribution < 1.29 is 9.53 Å². The van der Waals surface area contributed by atoms with E-state index in [0.29, 0.717) is 35.9 Å². The summed E-state index contributed by atoms with van der Waals surface area (Å²) in [6.45, 7) is 0.459. The molecule has 7 nitrogen and oxygen atoms in total. The van der Waals surface area contributed by atoms with Gasteiger partial charge in [0, 0.05) is 36.5 Å². The molecule has 2 N–H and O–H groups in total. The zero-order valence-electron chi connectivity index (χ0n) is 13.2. The van der Waals surface area contributed by atoms with Gasteiger partial charge < -0.3 is 10.1 Å². The lowest BCUT2D eigenvalue weighted by Gasteiger charge is -2.05. The van der Waals surface area contributed by atoms with Gasteiger partial charge in [-0.3, -0.25) is 14.9 Å². The number of nitrogens with one attached hydrogen (secondary N) is 2. The number of methoxy groups -OCH3 is 1. The molecule has 0 aliphatic rings. The van der Waals surface area contributed by atoms with Crippen LogP contribution in [-0.4, -0.2) is 39.7 Å². The summed E-state index contributed by atoms with van der Waals surface area (Å²) in [5.74, 6) is 1.84. The lowest BCUT2D eigenvalue weighted by molar-refractivity contribution is 0.0953. The Hall–Kier alpha value is -3.22. The topological polar surface area (TPSA) is 92.8 Å². The maximum Gasteiger partial charge on any atom is 0.251 e. The number of amides is 1. The minimum Gasteiger partial charge on any atom is -0.497 e. The fourth-order valence-corrected chi connectivity index (χ4v) is 2.20. The Bertz CT molecular complexity index is 817. The maximum absolute atomic E-state index is 12.1. The average Bonchev–Trinajstić information content (AvgIpc) is 3.11. The summed E-state index contributed by atoms with van der Waals surface area (Å²) in [6, 6.07) is 10.7. The Balaban J connectivity index is 1.55. The fraction of sp³-hybridized carbons (Fsp3) is 0.176. The molecule has 3 rings (SSSR count). The van der Waals surface area contributed by atoms with Gasteiger partial charge in [0.1, 0.15) is 11.6 Å². The average molecular weight is 323 g/mol. The Morgan fingerprint density at radius 3 is 2.88 bits per heavy atom. The van der Waals surface area contributed by atoms with Crippen LogP contribution < -0.4 is 10.1 Å². The number of ether oxygens (including phenoxy) is 1. The largest absolute Gasteiger partial charge is 0.497 e. The number of carbonyl (C=O) groups excluding carboxylic acids is 1. The van der Waals surface area contributed by atoms with Crippen molar-refractivity contribution in [3.63, 3.8) is 0 Å². The summed E-state index contributed by atoms with van der Waals surface area (Å²) in [4.78, 5) is 20.5. The molecule has 0 bridgehead atoms. The standard InChI is InChI=1S/C17H17N5O2/c1-24-14-4-2-3-13(11-14)17(23)19-10-7-15-20-16(22-21-15)12-5-8-18-9-6-12/h2-6,8-9,11H,7,10H2,1H3,(H,19,23)(H,20,21,22). The summed E-state index contributed by atoms with van der Waals surface area (Å²) in [7, 11) is 1.57. The second kappa shape index (κ2) is 7.36. The third-order valence-electron chi connectivity index (χ3n) is 3.45. The predicted molar refractivity (Wildman–Crippen MR) is 88.6 cm³/mol. The Morgan fingerprint density at radius 2 is 2.08 bits per heavy atom. The summed E-state index contributed by atoms with van der Waals surface area (Å²) < 4.78 is 5.12. The van der Waals surface area contributed by atoms with Crippen molar-refractivity contribution in [2.45, 2.75) is 6.42 Å². The molecule has 1 amide bonds. The predicted octanol–water partition coefficient (Wildman–Crippen LogP) is 1.85. The molecule has 0 atom stereocenters. The number of aromatic nitrogens is 4. The van der Waals surface area contributed by atoms with Crippen molar-refractivity contribution in [3.8, 4) is 17.1 Å². The molecular formula is C17H17N5O2. The molecule has 2 heterocycles. The van der Waals surface area contributed by atoms with Crippen LogP contribution in [0.25, 0.3) is 11.4 Å². The van der Waals surface area contributed by atoms with Crippen LogP contribution in [0.2, 0.25) is 0 Å². The van der Waals surface area contributed by atoms with Gasteiger partial charge in [-0.1, -0.05) is 6.07 Å². The number of H-pyrrole nitrogens is 1. The molecule has 1 aromatic carbocycles. The van der Waals surface area contributed by atoms with E-state index >= 15 is 0 Å². The second-order valence-corrected chi connectivity index (χ2v) is 5.08. The van der Waals surface area contributed by atoms with E-state index in [1.165, 1.54) is 0 Å². The van der Waals surface area contributed by atoms with E-state index < -0.39 is 0 Å². The molecule has 0 saturated carbocycles. The van der Waals surface area contributed by atoms with Gasteiger partial charge in [-0.25, -0.2) is 4.98 Å². The van der Waals surface area contributed by atoms with Crippen molar-refractivity contribution in [2.75, 3.05) is 13.7 Å². The summed E-state index contributed by atoms with van der Waals surface area (Å²) >= 11 is 0. The zero-order valence-corrected chi connectivity index (χ0v) is 13.2. The number of hydrogen-bond donors (Lipinski definition) is 2. The van der Waals surface area contributed by atoms with Gasteiger partial charge in [-0.15, -0.1) is 0 Å². The van der Waals surface area contributed by atoms with E-state index in [-0.39, 0.29) is 5.91 Å². The van der Waals surface area contributed by atoms with E-state index in [2.05, 4.69) is 25.5 Å². The number of nitrogens with zero attached hydrogens (tertiary/aromatic N) is 3. The van der Waals surface area contributed by atoms with Gasteiger partial charge in [0.05, 0.1) is 7.11 Å². The number of benzene rings is 1.